The first kappa shape index (κ1) is 10.9. The van der Waals surface area contributed by atoms with Crippen LogP contribution in [0.2, 0.25) is 0 Å². The summed E-state index contributed by atoms with van der Waals surface area (Å²) in [4.78, 5) is 9.05. The molecule has 1 unspecified atom stereocenters. The zero-order chi connectivity index (χ0) is 11.7. The summed E-state index contributed by atoms with van der Waals surface area (Å²) in [5, 5.41) is 3.36. The number of rotatable bonds is 2. The number of hydrogen-bond acceptors (Lipinski definition) is 5. The fourth-order valence-corrected chi connectivity index (χ4v) is 2.55. The highest BCUT2D eigenvalue weighted by atomic mass is 16.5. The second kappa shape index (κ2) is 4.58. The van der Waals surface area contributed by atoms with Gasteiger partial charge in [0.25, 0.3) is 0 Å². The van der Waals surface area contributed by atoms with E-state index in [0.717, 1.165) is 49.6 Å². The van der Waals surface area contributed by atoms with Gasteiger partial charge in [-0.3, -0.25) is 0 Å². The molecule has 1 aromatic rings. The molecule has 0 amide bonds. The Labute approximate surface area is 101 Å². The minimum absolute atomic E-state index is 0.562. The van der Waals surface area contributed by atoms with E-state index in [0.29, 0.717) is 18.3 Å². The number of nitrogens with zero attached hydrogens (tertiary/aromatic N) is 2. The largest absolute Gasteiger partial charge is 0.383 e. The molecule has 0 bridgehead atoms. The van der Waals surface area contributed by atoms with Gasteiger partial charge in [-0.05, 0) is 25.4 Å². The van der Waals surface area contributed by atoms with Crippen molar-refractivity contribution >= 4 is 5.82 Å². The fraction of sp³-hybridized carbons (Fsp3) is 0.667. The summed E-state index contributed by atoms with van der Waals surface area (Å²) in [5.41, 5.74) is 8.05. The van der Waals surface area contributed by atoms with E-state index in [1.54, 1.807) is 0 Å². The van der Waals surface area contributed by atoms with Crippen molar-refractivity contribution < 1.29 is 4.74 Å². The standard InChI is InChI=1S/C12H18N4O/c13-12-9-7-17-4-2-10(9)15-11(16-12)5-8-1-3-14-6-8/h8,14H,1-7H2,(H2,13,15,16). The zero-order valence-electron chi connectivity index (χ0n) is 9.91. The normalized spacial score (nSPS) is 23.6. The summed E-state index contributed by atoms with van der Waals surface area (Å²) in [5.74, 6) is 2.17. The number of nitrogens with two attached hydrogens (primary N) is 1. The van der Waals surface area contributed by atoms with E-state index in [9.17, 15) is 0 Å². The van der Waals surface area contributed by atoms with Crippen LogP contribution in [-0.4, -0.2) is 29.7 Å². The van der Waals surface area contributed by atoms with E-state index < -0.39 is 0 Å². The third-order valence-electron chi connectivity index (χ3n) is 3.53. The van der Waals surface area contributed by atoms with Crippen LogP contribution in [-0.2, 0) is 24.2 Å². The van der Waals surface area contributed by atoms with Gasteiger partial charge in [0, 0.05) is 18.4 Å². The maximum absolute atomic E-state index is 5.97. The van der Waals surface area contributed by atoms with Gasteiger partial charge in [0.15, 0.2) is 0 Å². The van der Waals surface area contributed by atoms with Gasteiger partial charge in [-0.2, -0.15) is 0 Å². The zero-order valence-corrected chi connectivity index (χ0v) is 9.91. The van der Waals surface area contributed by atoms with Gasteiger partial charge < -0.3 is 15.8 Å². The van der Waals surface area contributed by atoms with Crippen molar-refractivity contribution in [2.24, 2.45) is 5.92 Å². The second-order valence-electron chi connectivity index (χ2n) is 4.82. The van der Waals surface area contributed by atoms with Crippen molar-refractivity contribution in [1.29, 1.82) is 0 Å². The number of aromatic nitrogens is 2. The number of nitrogen functional groups attached to an aromatic ring is 1. The van der Waals surface area contributed by atoms with Crippen LogP contribution < -0.4 is 11.1 Å². The lowest BCUT2D eigenvalue weighted by Gasteiger charge is -2.18. The van der Waals surface area contributed by atoms with Crippen LogP contribution in [0.1, 0.15) is 23.5 Å². The molecule has 3 heterocycles. The second-order valence-corrected chi connectivity index (χ2v) is 4.82. The molecule has 1 saturated heterocycles. The quantitative estimate of drug-likeness (QED) is 0.769. The molecular formula is C12H18N4O. The topological polar surface area (TPSA) is 73.1 Å². The molecule has 17 heavy (non-hydrogen) atoms. The molecule has 3 N–H and O–H groups in total. The molecule has 5 heteroatoms. The van der Waals surface area contributed by atoms with E-state index in [1.165, 1.54) is 6.42 Å². The van der Waals surface area contributed by atoms with Gasteiger partial charge in [0.1, 0.15) is 11.6 Å². The van der Waals surface area contributed by atoms with Crippen LogP contribution in [0.5, 0.6) is 0 Å². The molecule has 1 atom stereocenters. The smallest absolute Gasteiger partial charge is 0.132 e. The summed E-state index contributed by atoms with van der Waals surface area (Å²) in [6.45, 7) is 3.49. The minimum atomic E-state index is 0.562. The molecule has 1 fully saturated rings. The lowest BCUT2D eigenvalue weighted by atomic mass is 10.0. The molecular weight excluding hydrogens is 216 g/mol. The Hall–Kier alpha value is -1.20. The SMILES string of the molecule is Nc1nc(CC2CCNC2)nc2c1COCC2. The molecule has 1 aromatic heterocycles. The van der Waals surface area contributed by atoms with Crippen LogP contribution in [0, 0.1) is 5.92 Å². The average molecular weight is 234 g/mol. The average Bonchev–Trinajstić information content (AvgIpc) is 2.82. The summed E-state index contributed by atoms with van der Waals surface area (Å²) < 4.78 is 5.38. The monoisotopic (exact) mass is 234 g/mol. The van der Waals surface area contributed by atoms with Crippen LogP contribution in [0.25, 0.3) is 0 Å². The first-order valence-corrected chi connectivity index (χ1v) is 6.25. The molecule has 3 rings (SSSR count). The molecule has 92 valence electrons. The Balaban J connectivity index is 1.82. The van der Waals surface area contributed by atoms with Crippen LogP contribution in [0.15, 0.2) is 0 Å². The summed E-state index contributed by atoms with van der Waals surface area (Å²) in [6, 6.07) is 0. The predicted molar refractivity (Wildman–Crippen MR) is 64.5 cm³/mol. The highest BCUT2D eigenvalue weighted by Gasteiger charge is 2.20. The minimum Gasteiger partial charge on any atom is -0.383 e. The summed E-state index contributed by atoms with van der Waals surface area (Å²) in [6.07, 6.45) is 3.01. The first-order chi connectivity index (χ1) is 8.33. The highest BCUT2D eigenvalue weighted by Crippen LogP contribution is 2.21. The number of ether oxygens (including phenoxy) is 1. The Bertz CT molecular complexity index is 415. The Morgan fingerprint density at radius 2 is 2.35 bits per heavy atom. The lowest BCUT2D eigenvalue weighted by Crippen LogP contribution is -2.19. The number of anilines is 1. The maximum Gasteiger partial charge on any atom is 0.132 e. The van der Waals surface area contributed by atoms with Crippen LogP contribution >= 0.6 is 0 Å². The van der Waals surface area contributed by atoms with Crippen molar-refractivity contribution in [3.8, 4) is 0 Å². The molecule has 0 saturated carbocycles. The Kier molecular flexibility index (Phi) is 2.94. The Morgan fingerprint density at radius 1 is 1.41 bits per heavy atom. The van der Waals surface area contributed by atoms with Crippen LogP contribution in [0.4, 0.5) is 5.82 Å². The van der Waals surface area contributed by atoms with Crippen molar-refractivity contribution in [1.82, 2.24) is 15.3 Å². The third kappa shape index (κ3) is 2.25. The van der Waals surface area contributed by atoms with E-state index in [1.807, 2.05) is 0 Å². The molecule has 0 spiro atoms. The summed E-state index contributed by atoms with van der Waals surface area (Å²) >= 11 is 0. The van der Waals surface area contributed by atoms with Crippen molar-refractivity contribution in [2.45, 2.75) is 25.9 Å². The van der Waals surface area contributed by atoms with Crippen LogP contribution in [0.3, 0.4) is 0 Å². The van der Waals surface area contributed by atoms with Gasteiger partial charge in [0.05, 0.1) is 18.9 Å². The van der Waals surface area contributed by atoms with E-state index in [4.69, 9.17) is 10.5 Å². The first-order valence-electron chi connectivity index (χ1n) is 6.25. The van der Waals surface area contributed by atoms with E-state index in [-0.39, 0.29) is 0 Å². The van der Waals surface area contributed by atoms with Gasteiger partial charge in [0.2, 0.25) is 0 Å². The molecule has 5 nitrogen and oxygen atoms in total. The molecule has 0 aromatic carbocycles. The molecule has 0 radical (unpaired) electrons. The highest BCUT2D eigenvalue weighted by molar-refractivity contribution is 5.42. The maximum atomic E-state index is 5.97. The van der Waals surface area contributed by atoms with Crippen molar-refractivity contribution in [3.05, 3.63) is 17.1 Å². The predicted octanol–water partition coefficient (Wildman–Crippen LogP) is 0.283. The van der Waals surface area contributed by atoms with E-state index in [2.05, 4.69) is 15.3 Å². The number of nitrogens with one attached hydrogen (secondary N) is 1. The number of hydrogen-bond donors (Lipinski definition) is 2. The van der Waals surface area contributed by atoms with Gasteiger partial charge in [-0.15, -0.1) is 0 Å². The molecule has 2 aliphatic heterocycles. The number of fused-ring (bicyclic) bond motifs is 1. The van der Waals surface area contributed by atoms with Gasteiger partial charge in [-0.1, -0.05) is 0 Å². The molecule has 0 aliphatic carbocycles. The Morgan fingerprint density at radius 3 is 3.18 bits per heavy atom. The summed E-state index contributed by atoms with van der Waals surface area (Å²) in [7, 11) is 0. The van der Waals surface area contributed by atoms with Crippen molar-refractivity contribution in [3.63, 3.8) is 0 Å². The van der Waals surface area contributed by atoms with Gasteiger partial charge in [-0.25, -0.2) is 9.97 Å². The molecule has 2 aliphatic rings. The van der Waals surface area contributed by atoms with Gasteiger partial charge >= 0.3 is 0 Å². The lowest BCUT2D eigenvalue weighted by molar-refractivity contribution is 0.109. The van der Waals surface area contributed by atoms with Crippen molar-refractivity contribution in [2.75, 3.05) is 25.4 Å². The third-order valence-corrected chi connectivity index (χ3v) is 3.53. The van der Waals surface area contributed by atoms with E-state index >= 15 is 0 Å². The fourth-order valence-electron chi connectivity index (χ4n) is 2.55.